The normalized spacial score (nSPS) is 18.0. The lowest BCUT2D eigenvalue weighted by Crippen LogP contribution is -2.39. The van der Waals surface area contributed by atoms with Gasteiger partial charge in [0, 0.05) is 12.0 Å². The molecule has 2 aromatic carbocycles. The molecule has 1 heterocycles. The second-order valence-electron chi connectivity index (χ2n) is 7.35. The van der Waals surface area contributed by atoms with Crippen LogP contribution in [-0.4, -0.2) is 35.3 Å². The summed E-state index contributed by atoms with van der Waals surface area (Å²) < 4.78 is 44.9. The lowest BCUT2D eigenvalue weighted by molar-refractivity contribution is 0.171. The summed E-state index contributed by atoms with van der Waals surface area (Å²) in [5.74, 6) is 2.12. The molecule has 7 heteroatoms. The molecule has 1 aliphatic carbocycles. The minimum atomic E-state index is -3.60. The maximum absolute atomic E-state index is 12.8. The van der Waals surface area contributed by atoms with E-state index in [1.807, 2.05) is 18.2 Å². The Hall–Kier alpha value is -2.25. The number of sulfonamides is 1. The molecule has 0 atom stereocenters. The molecule has 1 N–H and O–H groups in total. The third-order valence-electron chi connectivity index (χ3n) is 5.69. The molecule has 0 amide bonds. The summed E-state index contributed by atoms with van der Waals surface area (Å²) in [7, 11) is -2.04. The fraction of sp³-hybridized carbons (Fsp3) is 0.429. The van der Waals surface area contributed by atoms with E-state index in [1.54, 1.807) is 31.4 Å². The van der Waals surface area contributed by atoms with Gasteiger partial charge in [-0.05, 0) is 54.8 Å². The van der Waals surface area contributed by atoms with Gasteiger partial charge in [-0.1, -0.05) is 18.9 Å². The zero-order chi connectivity index (χ0) is 19.6. The first kappa shape index (κ1) is 19.1. The van der Waals surface area contributed by atoms with Crippen LogP contribution in [0.5, 0.6) is 17.2 Å². The van der Waals surface area contributed by atoms with E-state index in [2.05, 4.69) is 4.72 Å². The first-order valence-corrected chi connectivity index (χ1v) is 11.0. The predicted molar refractivity (Wildman–Crippen MR) is 106 cm³/mol. The van der Waals surface area contributed by atoms with Crippen molar-refractivity contribution >= 4 is 10.0 Å². The fourth-order valence-electron chi connectivity index (χ4n) is 4.06. The van der Waals surface area contributed by atoms with Gasteiger partial charge in [-0.25, -0.2) is 13.1 Å². The quantitative estimate of drug-likeness (QED) is 0.801. The Labute approximate surface area is 165 Å². The molecule has 4 rings (SSSR count). The summed E-state index contributed by atoms with van der Waals surface area (Å²) in [6, 6.07) is 12.4. The van der Waals surface area contributed by atoms with Crippen LogP contribution in [0, 0.1) is 0 Å². The van der Waals surface area contributed by atoms with Gasteiger partial charge in [-0.2, -0.15) is 0 Å². The highest BCUT2D eigenvalue weighted by Crippen LogP contribution is 2.44. The Bertz CT molecular complexity index is 934. The molecule has 0 saturated heterocycles. The highest BCUT2D eigenvalue weighted by Gasteiger charge is 2.37. The van der Waals surface area contributed by atoms with Gasteiger partial charge in [0.25, 0.3) is 0 Å². The van der Waals surface area contributed by atoms with Crippen LogP contribution in [0.3, 0.4) is 0 Å². The second kappa shape index (κ2) is 7.64. The van der Waals surface area contributed by atoms with Crippen LogP contribution in [-0.2, 0) is 15.4 Å². The van der Waals surface area contributed by atoms with Gasteiger partial charge in [0.1, 0.15) is 19.0 Å². The minimum Gasteiger partial charge on any atom is -0.497 e. The van der Waals surface area contributed by atoms with Crippen LogP contribution < -0.4 is 18.9 Å². The smallest absolute Gasteiger partial charge is 0.240 e. The van der Waals surface area contributed by atoms with E-state index in [0.717, 1.165) is 42.7 Å². The van der Waals surface area contributed by atoms with Crippen molar-refractivity contribution in [3.8, 4) is 17.2 Å². The zero-order valence-corrected chi connectivity index (χ0v) is 16.8. The number of benzene rings is 2. The molecule has 1 fully saturated rings. The maximum Gasteiger partial charge on any atom is 0.240 e. The Morgan fingerprint density at radius 2 is 1.68 bits per heavy atom. The van der Waals surface area contributed by atoms with Crippen LogP contribution in [0.1, 0.15) is 31.2 Å². The van der Waals surface area contributed by atoms with Crippen LogP contribution in [0.2, 0.25) is 0 Å². The minimum absolute atomic E-state index is 0.227. The van der Waals surface area contributed by atoms with Gasteiger partial charge in [-0.15, -0.1) is 0 Å². The van der Waals surface area contributed by atoms with Crippen LogP contribution >= 0.6 is 0 Å². The van der Waals surface area contributed by atoms with Crippen molar-refractivity contribution in [3.05, 3.63) is 48.0 Å². The van der Waals surface area contributed by atoms with Gasteiger partial charge in [0.2, 0.25) is 10.0 Å². The lowest BCUT2D eigenvalue weighted by Gasteiger charge is -2.31. The average Bonchev–Trinajstić information content (AvgIpc) is 3.22. The molecule has 0 radical (unpaired) electrons. The topological polar surface area (TPSA) is 73.9 Å². The first-order chi connectivity index (χ1) is 13.5. The molecule has 0 bridgehead atoms. The van der Waals surface area contributed by atoms with Crippen molar-refractivity contribution in [1.29, 1.82) is 0 Å². The number of ether oxygens (including phenoxy) is 3. The van der Waals surface area contributed by atoms with Crippen molar-refractivity contribution in [2.75, 3.05) is 26.9 Å². The Morgan fingerprint density at radius 3 is 2.36 bits per heavy atom. The lowest BCUT2D eigenvalue weighted by atomic mass is 9.79. The van der Waals surface area contributed by atoms with E-state index in [9.17, 15) is 8.42 Å². The van der Waals surface area contributed by atoms with E-state index in [-0.39, 0.29) is 10.3 Å². The van der Waals surface area contributed by atoms with E-state index >= 15 is 0 Å². The molecule has 1 saturated carbocycles. The monoisotopic (exact) mass is 403 g/mol. The van der Waals surface area contributed by atoms with E-state index in [0.29, 0.717) is 25.5 Å². The average molecular weight is 404 g/mol. The standard InChI is InChI=1S/C21H25NO5S/c1-25-17-5-7-18(8-6-17)28(23,24)22-15-21(10-2-3-11-21)16-4-9-19-20(14-16)27-13-12-26-19/h4-9,14,22H,2-3,10-13,15H2,1H3. The van der Waals surface area contributed by atoms with Crippen molar-refractivity contribution in [2.24, 2.45) is 0 Å². The number of rotatable bonds is 6. The number of hydrogen-bond donors (Lipinski definition) is 1. The molecule has 0 unspecified atom stereocenters. The van der Waals surface area contributed by atoms with E-state index in [4.69, 9.17) is 14.2 Å². The molecule has 28 heavy (non-hydrogen) atoms. The molecule has 6 nitrogen and oxygen atoms in total. The second-order valence-corrected chi connectivity index (χ2v) is 9.11. The van der Waals surface area contributed by atoms with Gasteiger partial charge in [-0.3, -0.25) is 0 Å². The first-order valence-electron chi connectivity index (χ1n) is 9.56. The molecule has 1 aliphatic heterocycles. The zero-order valence-electron chi connectivity index (χ0n) is 15.9. The molecule has 0 aromatic heterocycles. The summed E-state index contributed by atoms with van der Waals surface area (Å²) in [5.41, 5.74) is 0.877. The number of fused-ring (bicyclic) bond motifs is 1. The van der Waals surface area contributed by atoms with Crippen molar-refractivity contribution in [2.45, 2.75) is 36.0 Å². The predicted octanol–water partition coefficient (Wildman–Crippen LogP) is 3.26. The molecular weight excluding hydrogens is 378 g/mol. The summed E-state index contributed by atoms with van der Waals surface area (Å²) in [5, 5.41) is 0. The van der Waals surface area contributed by atoms with E-state index < -0.39 is 10.0 Å². The number of methoxy groups -OCH3 is 1. The van der Waals surface area contributed by atoms with Gasteiger partial charge in [0.15, 0.2) is 11.5 Å². The SMILES string of the molecule is COc1ccc(S(=O)(=O)NCC2(c3ccc4c(c3)OCCO4)CCCC2)cc1. The third-order valence-corrected chi connectivity index (χ3v) is 7.10. The van der Waals surface area contributed by atoms with Crippen LogP contribution in [0.25, 0.3) is 0 Å². The van der Waals surface area contributed by atoms with Crippen LogP contribution in [0.15, 0.2) is 47.4 Å². The Morgan fingerprint density at radius 1 is 1.00 bits per heavy atom. The third kappa shape index (κ3) is 3.69. The van der Waals surface area contributed by atoms with Gasteiger partial charge in [0.05, 0.1) is 12.0 Å². The van der Waals surface area contributed by atoms with Gasteiger partial charge >= 0.3 is 0 Å². The Kier molecular flexibility index (Phi) is 5.21. The molecule has 2 aromatic rings. The fourth-order valence-corrected chi connectivity index (χ4v) is 5.19. The molecular formula is C21H25NO5S. The highest BCUT2D eigenvalue weighted by molar-refractivity contribution is 7.89. The van der Waals surface area contributed by atoms with Crippen molar-refractivity contribution < 1.29 is 22.6 Å². The Balaban J connectivity index is 1.56. The summed E-state index contributed by atoms with van der Waals surface area (Å²) >= 11 is 0. The van der Waals surface area contributed by atoms with Crippen molar-refractivity contribution in [3.63, 3.8) is 0 Å². The highest BCUT2D eigenvalue weighted by atomic mass is 32.2. The van der Waals surface area contributed by atoms with E-state index in [1.165, 1.54) is 0 Å². The number of nitrogens with one attached hydrogen (secondary N) is 1. The molecule has 150 valence electrons. The number of hydrogen-bond acceptors (Lipinski definition) is 5. The largest absolute Gasteiger partial charge is 0.497 e. The molecule has 2 aliphatic rings. The van der Waals surface area contributed by atoms with Crippen molar-refractivity contribution in [1.82, 2.24) is 4.72 Å². The summed E-state index contributed by atoms with van der Waals surface area (Å²) in [4.78, 5) is 0.239. The maximum atomic E-state index is 12.8. The summed E-state index contributed by atoms with van der Waals surface area (Å²) in [6.07, 6.45) is 4.05. The van der Waals surface area contributed by atoms with Crippen LogP contribution in [0.4, 0.5) is 0 Å². The molecule has 0 spiro atoms. The van der Waals surface area contributed by atoms with Gasteiger partial charge < -0.3 is 14.2 Å². The summed E-state index contributed by atoms with van der Waals surface area (Å²) in [6.45, 7) is 1.45.